The lowest BCUT2D eigenvalue weighted by Crippen LogP contribution is -2.36. The number of anilines is 1. The van der Waals surface area contributed by atoms with Gasteiger partial charge >= 0.3 is 0 Å². The highest BCUT2D eigenvalue weighted by molar-refractivity contribution is 5.95. The number of halogens is 1. The zero-order chi connectivity index (χ0) is 31.6. The first-order chi connectivity index (χ1) is 22.3. The number of nitrogens with one attached hydrogen (secondary N) is 1. The SMILES string of the molecule is Cc1n[nH]c(C)c1-c1ccc(CC(=O)[C@@H](CC(=O)C2(F)CC2)[C@@H]2CCc3ccc(-c4cc(N5C[C@@H]6C[C@H]5CO6)ccn4)cc32)cc1. The summed E-state index contributed by atoms with van der Waals surface area (Å²) in [5.74, 6) is -1.14. The minimum atomic E-state index is -1.76. The number of aryl methyl sites for hydroxylation is 3. The molecule has 2 aliphatic carbocycles. The number of benzene rings is 2. The Morgan fingerprint density at radius 1 is 1.09 bits per heavy atom. The molecule has 0 amide bonds. The van der Waals surface area contributed by atoms with Crippen molar-refractivity contribution in [2.45, 2.75) is 82.5 Å². The van der Waals surface area contributed by atoms with E-state index in [1.165, 1.54) is 5.56 Å². The fraction of sp³-hybridized carbons (Fsp3) is 0.421. The monoisotopic (exact) mass is 618 g/mol. The predicted molar refractivity (Wildman–Crippen MR) is 175 cm³/mol. The van der Waals surface area contributed by atoms with Crippen LogP contribution in [0.15, 0.2) is 60.8 Å². The van der Waals surface area contributed by atoms with Crippen molar-refractivity contribution < 1.29 is 18.7 Å². The number of H-pyrrole nitrogens is 1. The van der Waals surface area contributed by atoms with Crippen molar-refractivity contribution in [3.63, 3.8) is 0 Å². The summed E-state index contributed by atoms with van der Waals surface area (Å²) in [4.78, 5) is 34.4. The second-order valence-electron chi connectivity index (χ2n) is 13.8. The molecule has 2 aromatic carbocycles. The van der Waals surface area contributed by atoms with Gasteiger partial charge in [0.2, 0.25) is 0 Å². The molecule has 7 nitrogen and oxygen atoms in total. The van der Waals surface area contributed by atoms with Crippen molar-refractivity contribution in [3.05, 3.63) is 88.9 Å². The van der Waals surface area contributed by atoms with E-state index in [9.17, 15) is 14.0 Å². The van der Waals surface area contributed by atoms with Crippen LogP contribution in [0.4, 0.5) is 10.1 Å². The number of morpholine rings is 1. The van der Waals surface area contributed by atoms with Gasteiger partial charge in [-0.2, -0.15) is 5.10 Å². The molecule has 4 heterocycles. The Kier molecular flexibility index (Phi) is 7.16. The third kappa shape index (κ3) is 5.26. The molecule has 0 unspecified atom stereocenters. The van der Waals surface area contributed by atoms with Gasteiger partial charge in [0, 0.05) is 54.0 Å². The van der Waals surface area contributed by atoms with Crippen LogP contribution in [-0.2, 0) is 27.2 Å². The van der Waals surface area contributed by atoms with Gasteiger partial charge in [0.1, 0.15) is 5.78 Å². The zero-order valence-corrected chi connectivity index (χ0v) is 26.4. The number of carbonyl (C=O) groups excluding carboxylic acids is 2. The Labute approximate surface area is 268 Å². The minimum absolute atomic E-state index is 0.00398. The van der Waals surface area contributed by atoms with Gasteiger partial charge in [-0.1, -0.05) is 36.4 Å². The van der Waals surface area contributed by atoms with Crippen LogP contribution in [0.5, 0.6) is 0 Å². The van der Waals surface area contributed by atoms with Crippen molar-refractivity contribution in [1.82, 2.24) is 15.2 Å². The second-order valence-corrected chi connectivity index (χ2v) is 13.8. The van der Waals surface area contributed by atoms with Gasteiger partial charge in [-0.15, -0.1) is 0 Å². The molecule has 4 aliphatic rings. The number of aromatic amines is 1. The molecule has 3 fully saturated rings. The summed E-state index contributed by atoms with van der Waals surface area (Å²) in [6, 6.07) is 19.0. The molecule has 4 aromatic rings. The highest BCUT2D eigenvalue weighted by Crippen LogP contribution is 2.47. The van der Waals surface area contributed by atoms with Gasteiger partial charge in [0.15, 0.2) is 11.5 Å². The molecular weight excluding hydrogens is 579 g/mol. The summed E-state index contributed by atoms with van der Waals surface area (Å²) >= 11 is 0. The summed E-state index contributed by atoms with van der Waals surface area (Å²) in [5, 5.41) is 7.33. The number of hydrogen-bond donors (Lipinski definition) is 1. The van der Waals surface area contributed by atoms with E-state index < -0.39 is 17.4 Å². The Balaban J connectivity index is 1.06. The number of nitrogens with zero attached hydrogens (tertiary/aromatic N) is 3. The molecule has 2 saturated heterocycles. The maximum Gasteiger partial charge on any atom is 0.170 e. The standard InChI is InChI=1S/C38H39FN4O3/c1-22-37(23(2)42-41-22)26-5-3-24(4-6-26)15-35(44)33(19-36(45)38(39)12-13-38)31-10-9-25-7-8-27(16-32(25)31)34-18-28(11-14-40-34)43-20-30-17-29(43)21-46-30/h3-8,11,14,16,18,29-31,33H,9-10,12-13,15,17,19-21H2,1-2H3,(H,41,42)/t29-,30-,31+,33-/m0/s1. The van der Waals surface area contributed by atoms with Crippen LogP contribution in [0.2, 0.25) is 0 Å². The molecule has 8 rings (SSSR count). The Bertz CT molecular complexity index is 1810. The summed E-state index contributed by atoms with van der Waals surface area (Å²) in [6.45, 7) is 5.64. The lowest BCUT2D eigenvalue weighted by molar-refractivity contribution is -0.131. The van der Waals surface area contributed by atoms with Gasteiger partial charge in [0.25, 0.3) is 0 Å². The molecule has 46 heavy (non-hydrogen) atoms. The van der Waals surface area contributed by atoms with Gasteiger partial charge in [-0.3, -0.25) is 19.7 Å². The van der Waals surface area contributed by atoms with Crippen molar-refractivity contribution in [3.8, 4) is 22.4 Å². The lowest BCUT2D eigenvalue weighted by Gasteiger charge is -2.29. The van der Waals surface area contributed by atoms with E-state index in [4.69, 9.17) is 9.72 Å². The van der Waals surface area contributed by atoms with Crippen LogP contribution in [0.3, 0.4) is 0 Å². The van der Waals surface area contributed by atoms with Gasteiger partial charge in [-0.25, -0.2) is 4.39 Å². The first-order valence-electron chi connectivity index (χ1n) is 16.6. The number of aromatic nitrogens is 3. The average molecular weight is 619 g/mol. The smallest absolute Gasteiger partial charge is 0.170 e. The first-order valence-corrected chi connectivity index (χ1v) is 16.6. The molecule has 2 bridgehead atoms. The molecule has 8 heteroatoms. The number of Topliss-reactive ketones (excluding diaryl/α,β-unsaturated/α-hetero) is 2. The second kappa shape index (κ2) is 11.3. The molecule has 4 atom stereocenters. The first kappa shape index (κ1) is 29.2. The Morgan fingerprint density at radius 2 is 1.89 bits per heavy atom. The van der Waals surface area contributed by atoms with E-state index in [-0.39, 0.29) is 37.4 Å². The minimum Gasteiger partial charge on any atom is -0.374 e. The average Bonchev–Trinajstić information content (AvgIpc) is 3.47. The van der Waals surface area contributed by atoms with Crippen LogP contribution in [0, 0.1) is 19.8 Å². The summed E-state index contributed by atoms with van der Waals surface area (Å²) in [5.41, 5.74) is 8.49. The van der Waals surface area contributed by atoms with Crippen molar-refractivity contribution in [2.24, 2.45) is 5.92 Å². The summed E-state index contributed by atoms with van der Waals surface area (Å²) in [6.07, 6.45) is 5.52. The molecular formula is C38H39FN4O3. The quantitative estimate of drug-likeness (QED) is 0.214. The molecule has 1 saturated carbocycles. The number of hydrogen-bond acceptors (Lipinski definition) is 6. The highest BCUT2D eigenvalue weighted by atomic mass is 19.1. The van der Waals surface area contributed by atoms with Gasteiger partial charge in [-0.05, 0) is 92.3 Å². The predicted octanol–water partition coefficient (Wildman–Crippen LogP) is 6.65. The van der Waals surface area contributed by atoms with Crippen molar-refractivity contribution in [2.75, 3.05) is 18.1 Å². The summed E-state index contributed by atoms with van der Waals surface area (Å²) in [7, 11) is 0. The zero-order valence-electron chi connectivity index (χ0n) is 26.4. The molecule has 2 aromatic heterocycles. The highest BCUT2D eigenvalue weighted by Gasteiger charge is 2.51. The normalized spacial score (nSPS) is 23.0. The molecule has 0 spiro atoms. The van der Waals surface area contributed by atoms with E-state index in [2.05, 4.69) is 45.4 Å². The number of ether oxygens (including phenoxy) is 1. The largest absolute Gasteiger partial charge is 0.374 e. The van der Waals surface area contributed by atoms with Crippen LogP contribution in [0.25, 0.3) is 22.4 Å². The summed E-state index contributed by atoms with van der Waals surface area (Å²) < 4.78 is 20.8. The third-order valence-electron chi connectivity index (χ3n) is 10.8. The van der Waals surface area contributed by atoms with E-state index in [1.807, 2.05) is 44.3 Å². The fourth-order valence-corrected chi connectivity index (χ4v) is 8.03. The molecule has 0 radical (unpaired) electrons. The fourth-order valence-electron chi connectivity index (χ4n) is 8.03. The van der Waals surface area contributed by atoms with E-state index in [0.29, 0.717) is 12.1 Å². The van der Waals surface area contributed by atoms with E-state index in [0.717, 1.165) is 83.0 Å². The van der Waals surface area contributed by atoms with Gasteiger partial charge in [0.05, 0.1) is 30.1 Å². The number of rotatable bonds is 10. The number of pyridine rings is 1. The van der Waals surface area contributed by atoms with Crippen LogP contribution in [0.1, 0.15) is 66.1 Å². The molecule has 236 valence electrons. The van der Waals surface area contributed by atoms with E-state index >= 15 is 0 Å². The van der Waals surface area contributed by atoms with Crippen LogP contribution in [-0.4, -0.2) is 57.7 Å². The molecule has 1 N–H and O–H groups in total. The molecule has 2 aliphatic heterocycles. The van der Waals surface area contributed by atoms with Crippen molar-refractivity contribution >= 4 is 17.3 Å². The number of alkyl halides is 1. The Morgan fingerprint density at radius 3 is 2.59 bits per heavy atom. The Hall–Kier alpha value is -4.17. The van der Waals surface area contributed by atoms with Crippen molar-refractivity contribution in [1.29, 1.82) is 0 Å². The number of ketones is 2. The maximum absolute atomic E-state index is 15.0. The lowest BCUT2D eigenvalue weighted by atomic mass is 9.78. The number of fused-ring (bicyclic) bond motifs is 3. The van der Waals surface area contributed by atoms with Crippen LogP contribution < -0.4 is 4.90 Å². The van der Waals surface area contributed by atoms with E-state index in [1.54, 1.807) is 0 Å². The van der Waals surface area contributed by atoms with Gasteiger partial charge < -0.3 is 9.64 Å². The maximum atomic E-state index is 15.0. The van der Waals surface area contributed by atoms with Crippen LogP contribution >= 0.6 is 0 Å². The topological polar surface area (TPSA) is 88.2 Å². The third-order valence-corrected chi connectivity index (χ3v) is 10.8. The number of carbonyl (C=O) groups is 2.